The van der Waals surface area contributed by atoms with Gasteiger partial charge in [-0.2, -0.15) is 0 Å². The number of aliphatic carboxylic acids is 2. The summed E-state index contributed by atoms with van der Waals surface area (Å²) in [5.41, 5.74) is -2.16. The molecule has 0 saturated heterocycles. The van der Waals surface area contributed by atoms with Crippen LogP contribution >= 0.6 is 12.4 Å². The summed E-state index contributed by atoms with van der Waals surface area (Å²) in [5.74, 6) is -3.63. The minimum Gasteiger partial charge on any atom is -0.481 e. The van der Waals surface area contributed by atoms with E-state index >= 15 is 0 Å². The average molecular weight is 322 g/mol. The topological polar surface area (TPSA) is 169 Å². The zero-order chi connectivity index (χ0) is 15.3. The highest BCUT2D eigenvalue weighted by Gasteiger charge is 2.22. The van der Waals surface area contributed by atoms with Crippen molar-refractivity contribution in [3.8, 4) is 0 Å². The summed E-state index contributed by atoms with van der Waals surface area (Å²) in [6, 6.07) is -0.659. The van der Waals surface area contributed by atoms with Gasteiger partial charge < -0.3 is 20.5 Å². The maximum atomic E-state index is 11.7. The highest BCUT2D eigenvalue weighted by Crippen LogP contribution is 1.99. The summed E-state index contributed by atoms with van der Waals surface area (Å²) in [5, 5.41) is 19.3. The molecule has 1 rings (SSSR count). The Hall–Kier alpha value is -2.62. The molecule has 1 heterocycles. The van der Waals surface area contributed by atoms with Crippen molar-refractivity contribution in [2.24, 2.45) is 0 Å². The van der Waals surface area contributed by atoms with Gasteiger partial charge in [0.2, 0.25) is 0 Å². The third kappa shape index (κ3) is 5.91. The molecular weight excluding hydrogens is 310 g/mol. The first kappa shape index (κ1) is 18.4. The number of H-pyrrole nitrogens is 2. The minimum absolute atomic E-state index is 0. The van der Waals surface area contributed by atoms with Crippen molar-refractivity contribution in [2.75, 3.05) is 0 Å². The second-order valence-corrected chi connectivity index (χ2v) is 3.80. The van der Waals surface area contributed by atoms with Gasteiger partial charge in [0.15, 0.2) is 0 Å². The highest BCUT2D eigenvalue weighted by molar-refractivity contribution is 5.94. The molecule has 0 bridgehead atoms. The van der Waals surface area contributed by atoms with Crippen LogP contribution < -0.4 is 16.6 Å². The van der Waals surface area contributed by atoms with E-state index in [9.17, 15) is 24.0 Å². The largest absolute Gasteiger partial charge is 0.481 e. The van der Waals surface area contributed by atoms with Gasteiger partial charge in [-0.1, -0.05) is 0 Å². The second kappa shape index (κ2) is 7.85. The number of carbonyl (C=O) groups excluding carboxylic acids is 1. The zero-order valence-corrected chi connectivity index (χ0v) is 11.2. The van der Waals surface area contributed by atoms with E-state index in [1.54, 1.807) is 0 Å². The van der Waals surface area contributed by atoms with E-state index in [4.69, 9.17) is 10.2 Å². The summed E-state index contributed by atoms with van der Waals surface area (Å²) in [6.07, 6.45) is -0.785. The molecule has 1 aromatic heterocycles. The normalized spacial score (nSPS) is 11.0. The van der Waals surface area contributed by atoms with Crippen molar-refractivity contribution in [1.82, 2.24) is 15.3 Å². The van der Waals surface area contributed by atoms with E-state index < -0.39 is 47.3 Å². The predicted octanol–water partition coefficient (Wildman–Crippen LogP) is -1.47. The molecule has 1 aromatic rings. The Balaban J connectivity index is 0.00000400. The van der Waals surface area contributed by atoms with Gasteiger partial charge in [0.1, 0.15) is 11.7 Å². The summed E-state index contributed by atoms with van der Waals surface area (Å²) in [7, 11) is 0. The number of amides is 1. The fraction of sp³-hybridized carbons (Fsp3) is 0.300. The van der Waals surface area contributed by atoms with Crippen molar-refractivity contribution < 1.29 is 24.6 Å². The Morgan fingerprint density at radius 1 is 1.19 bits per heavy atom. The first-order chi connectivity index (χ1) is 9.29. The lowest BCUT2D eigenvalue weighted by molar-refractivity contribution is -0.140. The van der Waals surface area contributed by atoms with Crippen LogP contribution in [0.25, 0.3) is 0 Å². The molecule has 0 aliphatic carbocycles. The molecule has 5 N–H and O–H groups in total. The molecule has 0 fully saturated rings. The average Bonchev–Trinajstić information content (AvgIpc) is 2.32. The monoisotopic (exact) mass is 321 g/mol. The lowest BCUT2D eigenvalue weighted by atomic mass is 10.1. The van der Waals surface area contributed by atoms with Crippen LogP contribution in [0.3, 0.4) is 0 Å². The summed E-state index contributed by atoms with van der Waals surface area (Å²) in [6.45, 7) is 0. The molecule has 116 valence electrons. The molecule has 1 atom stereocenters. The molecule has 0 radical (unpaired) electrons. The summed E-state index contributed by atoms with van der Waals surface area (Å²) < 4.78 is 0. The van der Waals surface area contributed by atoms with Crippen LogP contribution in [-0.4, -0.2) is 44.1 Å². The number of rotatable bonds is 6. The lowest BCUT2D eigenvalue weighted by Crippen LogP contribution is -2.42. The number of hydrogen-bond acceptors (Lipinski definition) is 5. The fourth-order valence-corrected chi connectivity index (χ4v) is 1.35. The van der Waals surface area contributed by atoms with Crippen molar-refractivity contribution in [2.45, 2.75) is 18.9 Å². The first-order valence-electron chi connectivity index (χ1n) is 5.38. The van der Waals surface area contributed by atoms with Crippen molar-refractivity contribution in [3.63, 3.8) is 0 Å². The van der Waals surface area contributed by atoms with E-state index in [1.807, 2.05) is 15.3 Å². The summed E-state index contributed by atoms with van der Waals surface area (Å²) in [4.78, 5) is 58.7. The van der Waals surface area contributed by atoms with Gasteiger partial charge in [0.05, 0.1) is 0 Å². The van der Waals surface area contributed by atoms with E-state index in [0.29, 0.717) is 0 Å². The van der Waals surface area contributed by atoms with Crippen molar-refractivity contribution in [3.05, 3.63) is 32.6 Å². The third-order valence-corrected chi connectivity index (χ3v) is 2.26. The first-order valence-corrected chi connectivity index (χ1v) is 5.38. The number of aromatic nitrogens is 2. The number of carbonyl (C=O) groups is 3. The predicted molar refractivity (Wildman–Crippen MR) is 70.7 cm³/mol. The standard InChI is InChI=1S/C10H11N3O7.ClH/c14-6-3-5(12-10(20)13-6)8(17)11-4(9(18)19)1-2-7(15)16;/h3-4H,1-2H2,(H,11,17)(H,15,16)(H,18,19)(H2,12,13,14,20);1H. The molecule has 21 heavy (non-hydrogen) atoms. The number of nitrogens with one attached hydrogen (secondary N) is 3. The van der Waals surface area contributed by atoms with Crippen LogP contribution in [0.4, 0.5) is 0 Å². The fourth-order valence-electron chi connectivity index (χ4n) is 1.35. The number of hydrogen-bond donors (Lipinski definition) is 5. The van der Waals surface area contributed by atoms with Crippen molar-refractivity contribution in [1.29, 1.82) is 0 Å². The molecule has 1 unspecified atom stereocenters. The molecule has 0 aliphatic heterocycles. The quantitative estimate of drug-likeness (QED) is 0.426. The summed E-state index contributed by atoms with van der Waals surface area (Å²) >= 11 is 0. The Morgan fingerprint density at radius 2 is 1.81 bits per heavy atom. The zero-order valence-electron chi connectivity index (χ0n) is 10.4. The van der Waals surface area contributed by atoms with Crippen LogP contribution in [-0.2, 0) is 9.59 Å². The van der Waals surface area contributed by atoms with Gasteiger partial charge >= 0.3 is 17.6 Å². The molecule has 10 nitrogen and oxygen atoms in total. The van der Waals surface area contributed by atoms with Gasteiger partial charge in [-0.05, 0) is 6.42 Å². The van der Waals surface area contributed by atoms with Gasteiger partial charge in [-0.25, -0.2) is 9.59 Å². The van der Waals surface area contributed by atoms with E-state index in [2.05, 4.69) is 0 Å². The van der Waals surface area contributed by atoms with Crippen molar-refractivity contribution >= 4 is 30.3 Å². The molecular formula is C10H12ClN3O7. The maximum Gasteiger partial charge on any atom is 0.326 e. The van der Waals surface area contributed by atoms with Gasteiger partial charge in [0.25, 0.3) is 11.5 Å². The SMILES string of the molecule is Cl.O=C(O)CCC(NC(=O)c1cc(=O)[nH]c(=O)[nH]1)C(=O)O. The number of halogens is 1. The van der Waals surface area contributed by atoms with E-state index in [0.717, 1.165) is 6.07 Å². The third-order valence-electron chi connectivity index (χ3n) is 2.26. The van der Waals surface area contributed by atoms with Crippen LogP contribution in [0.1, 0.15) is 23.3 Å². The van der Waals surface area contributed by atoms with Gasteiger partial charge in [0, 0.05) is 12.5 Å². The Labute approximate surface area is 122 Å². The Kier molecular flexibility index (Phi) is 6.87. The Morgan fingerprint density at radius 3 is 2.29 bits per heavy atom. The molecule has 0 saturated carbocycles. The smallest absolute Gasteiger partial charge is 0.326 e. The van der Waals surface area contributed by atoms with E-state index in [1.165, 1.54) is 0 Å². The molecule has 0 aliphatic rings. The van der Waals surface area contributed by atoms with Crippen LogP contribution in [0.2, 0.25) is 0 Å². The molecule has 1 amide bonds. The van der Waals surface area contributed by atoms with Crippen LogP contribution in [0, 0.1) is 0 Å². The number of carboxylic acids is 2. The van der Waals surface area contributed by atoms with Crippen LogP contribution in [0.5, 0.6) is 0 Å². The maximum absolute atomic E-state index is 11.7. The second-order valence-electron chi connectivity index (χ2n) is 3.80. The van der Waals surface area contributed by atoms with Gasteiger partial charge in [-0.3, -0.25) is 19.4 Å². The number of aromatic amines is 2. The molecule has 0 spiro atoms. The number of carboxylic acid groups (broad SMARTS) is 2. The van der Waals surface area contributed by atoms with E-state index in [-0.39, 0.29) is 18.8 Å². The van der Waals surface area contributed by atoms with Gasteiger partial charge in [-0.15, -0.1) is 12.4 Å². The Bertz CT molecular complexity index is 622. The minimum atomic E-state index is -1.44. The highest BCUT2D eigenvalue weighted by atomic mass is 35.5. The molecule has 11 heteroatoms. The van der Waals surface area contributed by atoms with Crippen LogP contribution in [0.15, 0.2) is 15.7 Å². The molecule has 0 aromatic carbocycles. The lowest BCUT2D eigenvalue weighted by Gasteiger charge is -2.13.